The van der Waals surface area contributed by atoms with Crippen molar-refractivity contribution in [1.82, 2.24) is 10.6 Å². The molecule has 1 aliphatic rings. The van der Waals surface area contributed by atoms with Gasteiger partial charge in [-0.05, 0) is 42.7 Å². The van der Waals surface area contributed by atoms with Crippen LogP contribution in [0.15, 0.2) is 42.5 Å². The molecule has 2 unspecified atom stereocenters. The minimum absolute atomic E-state index is 0.0338. The maximum absolute atomic E-state index is 13.4. The number of nitrogens with one attached hydrogen (secondary N) is 2. The Bertz CT molecular complexity index is 763. The van der Waals surface area contributed by atoms with E-state index < -0.39 is 0 Å². The first-order valence-corrected chi connectivity index (χ1v) is 8.52. The molecular weight excluding hydrogens is 319 g/mol. The van der Waals surface area contributed by atoms with Gasteiger partial charge in [0.1, 0.15) is 11.6 Å². The molecule has 0 saturated carbocycles. The molecule has 0 aliphatic carbocycles. The predicted octanol–water partition coefficient (Wildman–Crippen LogP) is 2.77. The first-order valence-electron chi connectivity index (χ1n) is 8.52. The van der Waals surface area contributed by atoms with Crippen LogP contribution in [0.3, 0.4) is 0 Å². The van der Waals surface area contributed by atoms with Crippen molar-refractivity contribution in [2.24, 2.45) is 0 Å². The van der Waals surface area contributed by atoms with E-state index in [0.29, 0.717) is 13.2 Å². The minimum atomic E-state index is -0.252. The fourth-order valence-corrected chi connectivity index (χ4v) is 3.14. The second-order valence-corrected chi connectivity index (χ2v) is 6.43. The van der Waals surface area contributed by atoms with E-state index in [0.717, 1.165) is 28.9 Å². The lowest BCUT2D eigenvalue weighted by Crippen LogP contribution is -2.40. The maximum Gasteiger partial charge on any atom is 0.236 e. The zero-order valence-electron chi connectivity index (χ0n) is 14.5. The SMILES string of the molecule is CNC(=O)C(C)NCc1ccc2c(c1)C(Cc1cccc(F)c1)CO2. The Kier molecular flexibility index (Phi) is 5.34. The van der Waals surface area contributed by atoms with E-state index in [1.165, 1.54) is 6.07 Å². The van der Waals surface area contributed by atoms with Crippen molar-refractivity contribution < 1.29 is 13.9 Å². The van der Waals surface area contributed by atoms with Crippen LogP contribution in [0.1, 0.15) is 29.5 Å². The Morgan fingerprint density at radius 1 is 1.28 bits per heavy atom. The lowest BCUT2D eigenvalue weighted by Gasteiger charge is -2.14. The van der Waals surface area contributed by atoms with E-state index in [9.17, 15) is 9.18 Å². The molecule has 0 radical (unpaired) electrons. The summed E-state index contributed by atoms with van der Waals surface area (Å²) in [5.74, 6) is 0.865. The fourth-order valence-electron chi connectivity index (χ4n) is 3.14. The van der Waals surface area contributed by atoms with Crippen LogP contribution in [-0.4, -0.2) is 25.6 Å². The molecule has 0 fully saturated rings. The second-order valence-electron chi connectivity index (χ2n) is 6.43. The molecule has 1 amide bonds. The predicted molar refractivity (Wildman–Crippen MR) is 95.2 cm³/mol. The number of fused-ring (bicyclic) bond motifs is 1. The van der Waals surface area contributed by atoms with E-state index in [1.807, 2.05) is 25.1 Å². The zero-order valence-corrected chi connectivity index (χ0v) is 14.5. The number of carbonyl (C=O) groups excluding carboxylic acids is 1. The highest BCUT2D eigenvalue weighted by Gasteiger charge is 2.25. The van der Waals surface area contributed by atoms with Crippen molar-refractivity contribution in [2.75, 3.05) is 13.7 Å². The van der Waals surface area contributed by atoms with Gasteiger partial charge in [0, 0.05) is 25.1 Å². The van der Waals surface area contributed by atoms with Crippen LogP contribution < -0.4 is 15.4 Å². The average Bonchev–Trinajstić information content (AvgIpc) is 3.01. The highest BCUT2D eigenvalue weighted by atomic mass is 19.1. The molecule has 2 atom stereocenters. The number of halogens is 1. The highest BCUT2D eigenvalue weighted by molar-refractivity contribution is 5.80. The van der Waals surface area contributed by atoms with Crippen molar-refractivity contribution in [1.29, 1.82) is 0 Å². The van der Waals surface area contributed by atoms with Gasteiger partial charge in [-0.15, -0.1) is 0 Å². The third-order valence-corrected chi connectivity index (χ3v) is 4.58. The van der Waals surface area contributed by atoms with Crippen molar-refractivity contribution in [3.63, 3.8) is 0 Å². The summed E-state index contributed by atoms with van der Waals surface area (Å²) in [5, 5.41) is 5.84. The summed E-state index contributed by atoms with van der Waals surface area (Å²) in [6.07, 6.45) is 0.746. The molecule has 0 spiro atoms. The van der Waals surface area contributed by atoms with Gasteiger partial charge in [0.05, 0.1) is 12.6 Å². The van der Waals surface area contributed by atoms with Crippen LogP contribution in [0.2, 0.25) is 0 Å². The van der Waals surface area contributed by atoms with E-state index in [1.54, 1.807) is 19.2 Å². The Morgan fingerprint density at radius 2 is 2.12 bits per heavy atom. The Balaban J connectivity index is 1.69. The molecule has 2 N–H and O–H groups in total. The normalized spacial score (nSPS) is 16.8. The highest BCUT2D eigenvalue weighted by Crippen LogP contribution is 2.36. The molecule has 132 valence electrons. The van der Waals surface area contributed by atoms with Crippen LogP contribution in [0, 0.1) is 5.82 Å². The van der Waals surface area contributed by atoms with Crippen molar-refractivity contribution in [2.45, 2.75) is 31.8 Å². The van der Waals surface area contributed by atoms with Gasteiger partial charge in [-0.1, -0.05) is 24.3 Å². The monoisotopic (exact) mass is 342 g/mol. The first-order chi connectivity index (χ1) is 12.1. The van der Waals surface area contributed by atoms with Crippen LogP contribution in [-0.2, 0) is 17.8 Å². The Labute approximate surface area is 147 Å². The molecule has 2 aromatic carbocycles. The number of benzene rings is 2. The largest absolute Gasteiger partial charge is 0.493 e. The van der Waals surface area contributed by atoms with Gasteiger partial charge in [-0.3, -0.25) is 4.79 Å². The zero-order chi connectivity index (χ0) is 17.8. The third kappa shape index (κ3) is 4.17. The van der Waals surface area contributed by atoms with E-state index in [2.05, 4.69) is 16.7 Å². The lowest BCUT2D eigenvalue weighted by molar-refractivity contribution is -0.122. The number of rotatable bonds is 6. The second kappa shape index (κ2) is 7.66. The molecule has 5 heteroatoms. The molecule has 2 aromatic rings. The van der Waals surface area contributed by atoms with Gasteiger partial charge in [0.25, 0.3) is 0 Å². The van der Waals surface area contributed by atoms with Gasteiger partial charge < -0.3 is 15.4 Å². The molecule has 4 nitrogen and oxygen atoms in total. The first kappa shape index (κ1) is 17.4. The number of carbonyl (C=O) groups is 1. The summed E-state index contributed by atoms with van der Waals surface area (Å²) in [7, 11) is 1.63. The quantitative estimate of drug-likeness (QED) is 0.849. The summed E-state index contributed by atoms with van der Waals surface area (Å²) in [4.78, 5) is 11.6. The average molecular weight is 342 g/mol. The summed E-state index contributed by atoms with van der Waals surface area (Å²) in [6, 6.07) is 12.6. The minimum Gasteiger partial charge on any atom is -0.493 e. The number of hydrogen-bond donors (Lipinski definition) is 2. The Morgan fingerprint density at radius 3 is 2.88 bits per heavy atom. The fraction of sp³-hybridized carbons (Fsp3) is 0.350. The van der Waals surface area contributed by atoms with Gasteiger partial charge >= 0.3 is 0 Å². The van der Waals surface area contributed by atoms with Gasteiger partial charge in [-0.25, -0.2) is 4.39 Å². The summed E-state index contributed by atoms with van der Waals surface area (Å²) in [6.45, 7) is 3.05. The number of amides is 1. The van der Waals surface area contributed by atoms with E-state index in [4.69, 9.17) is 4.74 Å². The maximum atomic E-state index is 13.4. The van der Waals surface area contributed by atoms with Crippen LogP contribution in [0.5, 0.6) is 5.75 Å². The summed E-state index contributed by atoms with van der Waals surface area (Å²) in [5.41, 5.74) is 3.22. The van der Waals surface area contributed by atoms with E-state index >= 15 is 0 Å². The molecular formula is C20H23FN2O2. The van der Waals surface area contributed by atoms with Crippen molar-refractivity contribution in [3.8, 4) is 5.75 Å². The summed E-state index contributed by atoms with van der Waals surface area (Å²) < 4.78 is 19.2. The van der Waals surface area contributed by atoms with Crippen LogP contribution >= 0.6 is 0 Å². The van der Waals surface area contributed by atoms with Gasteiger partial charge in [0.2, 0.25) is 5.91 Å². The molecule has 25 heavy (non-hydrogen) atoms. The number of ether oxygens (including phenoxy) is 1. The van der Waals surface area contributed by atoms with Crippen LogP contribution in [0.4, 0.5) is 4.39 Å². The van der Waals surface area contributed by atoms with E-state index in [-0.39, 0.29) is 23.7 Å². The molecule has 0 bridgehead atoms. The molecule has 1 aliphatic heterocycles. The smallest absolute Gasteiger partial charge is 0.236 e. The summed E-state index contributed by atoms with van der Waals surface area (Å²) >= 11 is 0. The van der Waals surface area contributed by atoms with Crippen molar-refractivity contribution in [3.05, 3.63) is 65.0 Å². The van der Waals surface area contributed by atoms with Crippen molar-refractivity contribution >= 4 is 5.91 Å². The Hall–Kier alpha value is -2.40. The topological polar surface area (TPSA) is 50.4 Å². The van der Waals surface area contributed by atoms with Gasteiger partial charge in [-0.2, -0.15) is 0 Å². The number of hydrogen-bond acceptors (Lipinski definition) is 3. The molecule has 3 rings (SSSR count). The third-order valence-electron chi connectivity index (χ3n) is 4.58. The lowest BCUT2D eigenvalue weighted by atomic mass is 9.92. The molecule has 0 aromatic heterocycles. The van der Waals surface area contributed by atoms with Crippen LogP contribution in [0.25, 0.3) is 0 Å². The molecule has 0 saturated heterocycles. The number of likely N-dealkylation sites (N-methyl/N-ethyl adjacent to an activating group) is 1. The molecule has 1 heterocycles. The standard InChI is InChI=1S/C20H23FN2O2/c1-13(20(24)22-2)23-11-15-6-7-19-18(10-15)16(12-25-19)8-14-4-3-5-17(21)9-14/h3-7,9-10,13,16,23H,8,11-12H2,1-2H3,(H,22,24). The van der Waals surface area contributed by atoms with Gasteiger partial charge in [0.15, 0.2) is 0 Å².